The van der Waals surface area contributed by atoms with Gasteiger partial charge in [0.05, 0.1) is 19.8 Å². The minimum absolute atomic E-state index is 0.0122. The van der Waals surface area contributed by atoms with E-state index in [2.05, 4.69) is 11.0 Å². The first-order valence-corrected chi connectivity index (χ1v) is 10.5. The van der Waals surface area contributed by atoms with Gasteiger partial charge in [0.2, 0.25) is 0 Å². The Balaban J connectivity index is 1.74. The highest BCUT2D eigenvalue weighted by molar-refractivity contribution is 5.43. The van der Waals surface area contributed by atoms with Crippen LogP contribution in [0, 0.1) is 11.7 Å². The Labute approximate surface area is 172 Å². The van der Waals surface area contributed by atoms with Crippen molar-refractivity contribution in [2.75, 3.05) is 20.8 Å². The van der Waals surface area contributed by atoms with Gasteiger partial charge >= 0.3 is 0 Å². The van der Waals surface area contributed by atoms with Crippen molar-refractivity contribution < 1.29 is 19.0 Å². The number of benzene rings is 2. The summed E-state index contributed by atoms with van der Waals surface area (Å²) in [4.78, 5) is 2.38. The molecule has 1 N–H and O–H groups in total. The van der Waals surface area contributed by atoms with E-state index in [4.69, 9.17) is 9.47 Å². The Bertz CT molecular complexity index is 858. The first-order valence-electron chi connectivity index (χ1n) is 10.5. The van der Waals surface area contributed by atoms with Crippen LogP contribution in [0.3, 0.4) is 0 Å². The van der Waals surface area contributed by atoms with E-state index in [0.717, 1.165) is 61.3 Å². The van der Waals surface area contributed by atoms with Crippen molar-refractivity contribution in [1.82, 2.24) is 4.90 Å². The molecule has 1 aliphatic carbocycles. The van der Waals surface area contributed by atoms with Gasteiger partial charge in [-0.25, -0.2) is 4.39 Å². The van der Waals surface area contributed by atoms with Crippen molar-refractivity contribution in [1.29, 1.82) is 0 Å². The van der Waals surface area contributed by atoms with Crippen LogP contribution in [0.25, 0.3) is 0 Å². The first kappa shape index (κ1) is 20.2. The van der Waals surface area contributed by atoms with Crippen molar-refractivity contribution in [3.63, 3.8) is 0 Å². The van der Waals surface area contributed by atoms with Crippen LogP contribution in [0.5, 0.6) is 11.5 Å². The van der Waals surface area contributed by atoms with Gasteiger partial charge in [-0.1, -0.05) is 31.0 Å². The Morgan fingerprint density at radius 1 is 1.10 bits per heavy atom. The lowest BCUT2D eigenvalue weighted by Gasteiger charge is -2.53. The molecule has 2 fully saturated rings. The van der Waals surface area contributed by atoms with Crippen LogP contribution in [0.1, 0.15) is 49.3 Å². The molecule has 0 amide bonds. The summed E-state index contributed by atoms with van der Waals surface area (Å²) in [5.74, 6) is 1.43. The summed E-state index contributed by atoms with van der Waals surface area (Å²) in [6.45, 7) is 1.41. The zero-order chi connectivity index (χ0) is 20.4. The third-order valence-corrected chi connectivity index (χ3v) is 6.71. The van der Waals surface area contributed by atoms with E-state index in [1.165, 1.54) is 6.07 Å². The number of hydrogen-bond acceptors (Lipinski definition) is 4. The predicted octanol–water partition coefficient (Wildman–Crippen LogP) is 4.71. The third-order valence-electron chi connectivity index (χ3n) is 6.71. The number of aliphatic hydroxyl groups is 1. The zero-order valence-corrected chi connectivity index (χ0v) is 17.2. The molecule has 0 unspecified atom stereocenters. The summed E-state index contributed by atoms with van der Waals surface area (Å²) in [6.07, 6.45) is 4.78. The summed E-state index contributed by atoms with van der Waals surface area (Å²) in [5, 5.41) is 11.5. The maximum absolute atomic E-state index is 13.8. The lowest BCUT2D eigenvalue weighted by Crippen LogP contribution is -2.54. The summed E-state index contributed by atoms with van der Waals surface area (Å²) in [6, 6.07) is 12.7. The lowest BCUT2D eigenvalue weighted by molar-refractivity contribution is -0.126. The molecule has 2 aromatic carbocycles. The topological polar surface area (TPSA) is 41.9 Å². The Morgan fingerprint density at radius 3 is 2.72 bits per heavy atom. The third kappa shape index (κ3) is 3.99. The van der Waals surface area contributed by atoms with E-state index in [1.807, 2.05) is 18.2 Å². The van der Waals surface area contributed by atoms with Gasteiger partial charge in [-0.15, -0.1) is 0 Å². The summed E-state index contributed by atoms with van der Waals surface area (Å²) >= 11 is 0. The molecule has 29 heavy (non-hydrogen) atoms. The zero-order valence-electron chi connectivity index (χ0n) is 17.2. The number of likely N-dealkylation sites (tertiary alicyclic amines) is 1. The maximum Gasteiger partial charge on any atom is 0.127 e. The van der Waals surface area contributed by atoms with E-state index >= 15 is 0 Å². The van der Waals surface area contributed by atoms with Gasteiger partial charge in [-0.2, -0.15) is 0 Å². The van der Waals surface area contributed by atoms with Crippen LogP contribution in [0.15, 0.2) is 42.5 Å². The van der Waals surface area contributed by atoms with Crippen LogP contribution in [0.2, 0.25) is 0 Å². The van der Waals surface area contributed by atoms with Gasteiger partial charge in [0.15, 0.2) is 0 Å². The summed E-state index contributed by atoms with van der Waals surface area (Å²) in [5.41, 5.74) is 1.37. The van der Waals surface area contributed by atoms with Gasteiger partial charge in [-0.3, -0.25) is 4.90 Å². The average Bonchev–Trinajstić information content (AvgIpc) is 2.73. The van der Waals surface area contributed by atoms with Gasteiger partial charge in [0, 0.05) is 36.7 Å². The molecule has 156 valence electrons. The quantitative estimate of drug-likeness (QED) is 0.791. The highest BCUT2D eigenvalue weighted by atomic mass is 19.1. The molecular weight excluding hydrogens is 369 g/mol. The molecular formula is C24H30FNO3. The minimum Gasteiger partial charge on any atom is -0.497 e. The van der Waals surface area contributed by atoms with Gasteiger partial charge in [0.25, 0.3) is 0 Å². The number of methoxy groups -OCH3 is 2. The summed E-state index contributed by atoms with van der Waals surface area (Å²) in [7, 11) is 3.32. The van der Waals surface area contributed by atoms with Gasteiger partial charge < -0.3 is 14.6 Å². The number of fused-ring (bicyclic) bond motifs is 1. The van der Waals surface area contributed by atoms with Crippen LogP contribution in [-0.2, 0) is 6.54 Å². The van der Waals surface area contributed by atoms with Crippen LogP contribution in [-0.4, -0.2) is 36.4 Å². The molecule has 4 rings (SSSR count). The van der Waals surface area contributed by atoms with E-state index < -0.39 is 5.60 Å². The second kappa shape index (κ2) is 8.33. The van der Waals surface area contributed by atoms with Crippen molar-refractivity contribution in [2.24, 2.45) is 5.92 Å². The molecule has 0 aromatic heterocycles. The number of halogens is 1. The Hall–Kier alpha value is -2.11. The molecule has 3 atom stereocenters. The molecule has 0 bridgehead atoms. The molecule has 1 saturated heterocycles. The normalized spacial score (nSPS) is 27.3. The van der Waals surface area contributed by atoms with Crippen LogP contribution < -0.4 is 9.47 Å². The van der Waals surface area contributed by atoms with Gasteiger partial charge in [0.1, 0.15) is 17.3 Å². The number of ether oxygens (including phenoxy) is 2. The van der Waals surface area contributed by atoms with E-state index in [0.29, 0.717) is 6.54 Å². The largest absolute Gasteiger partial charge is 0.497 e. The molecule has 0 spiro atoms. The second-order valence-electron chi connectivity index (χ2n) is 8.36. The van der Waals surface area contributed by atoms with Crippen molar-refractivity contribution in [2.45, 2.75) is 50.3 Å². The smallest absolute Gasteiger partial charge is 0.127 e. The fourth-order valence-electron chi connectivity index (χ4n) is 5.27. The van der Waals surface area contributed by atoms with Crippen molar-refractivity contribution in [3.05, 3.63) is 59.4 Å². The first-order chi connectivity index (χ1) is 14.0. The highest BCUT2D eigenvalue weighted by Gasteiger charge is 2.49. The summed E-state index contributed by atoms with van der Waals surface area (Å²) < 4.78 is 24.9. The predicted molar refractivity (Wildman–Crippen MR) is 111 cm³/mol. The molecule has 2 aliphatic rings. The Kier molecular flexibility index (Phi) is 5.79. The van der Waals surface area contributed by atoms with Crippen LogP contribution >= 0.6 is 0 Å². The number of nitrogens with zero attached hydrogens (tertiary/aromatic N) is 1. The average molecular weight is 400 g/mol. The fraction of sp³-hybridized carbons (Fsp3) is 0.500. The fourth-order valence-corrected chi connectivity index (χ4v) is 5.27. The maximum atomic E-state index is 13.8. The van der Waals surface area contributed by atoms with E-state index in [9.17, 15) is 9.50 Å². The SMILES string of the molecule is COc1ccc([C@@H]2[C@H]3CCCC[C@@]3(O)CCN2Cc2cccc(F)c2)c(OC)c1. The molecule has 4 nitrogen and oxygen atoms in total. The standard InChI is InChI=1S/C24H30FNO3/c1-28-19-9-10-20(22(15-19)29-2)23-21-8-3-4-11-24(21,27)12-13-26(23)16-17-6-5-7-18(25)14-17/h5-7,9-10,14-15,21,23,27H,3-4,8,11-13,16H2,1-2H3/t21-,23-,24-/m1/s1. The van der Waals surface area contributed by atoms with Crippen LogP contribution in [0.4, 0.5) is 4.39 Å². The number of piperidine rings is 1. The molecule has 1 saturated carbocycles. The molecule has 2 aromatic rings. The molecule has 1 heterocycles. The molecule has 1 aliphatic heterocycles. The second-order valence-corrected chi connectivity index (χ2v) is 8.36. The number of hydrogen-bond donors (Lipinski definition) is 1. The van der Waals surface area contributed by atoms with Crippen molar-refractivity contribution in [3.8, 4) is 11.5 Å². The monoisotopic (exact) mass is 399 g/mol. The van der Waals surface area contributed by atoms with E-state index in [-0.39, 0.29) is 17.8 Å². The molecule has 0 radical (unpaired) electrons. The molecule has 5 heteroatoms. The number of rotatable bonds is 5. The van der Waals surface area contributed by atoms with Gasteiger partial charge in [-0.05, 0) is 43.0 Å². The Morgan fingerprint density at radius 2 is 1.97 bits per heavy atom. The minimum atomic E-state index is -0.647. The van der Waals surface area contributed by atoms with Crippen molar-refractivity contribution >= 4 is 0 Å². The lowest BCUT2D eigenvalue weighted by atomic mass is 9.66. The van der Waals surface area contributed by atoms with E-state index in [1.54, 1.807) is 26.4 Å². The highest BCUT2D eigenvalue weighted by Crippen LogP contribution is 2.51.